The Labute approximate surface area is 111 Å². The molecule has 1 aromatic carbocycles. The number of imide groups is 1. The fraction of sp³-hybridized carbons (Fsp3) is 0.429. The molecule has 0 spiro atoms. The standard InChI is InChI=1S/C14H17FN2O2/c1-3-14(4-2)12(18)17(13(19)16-14)9-10-7-5-6-8-11(10)15/h5-8H,3-4,9H2,1-2H3,(H,16,19). The maximum atomic E-state index is 13.6. The monoisotopic (exact) mass is 264 g/mol. The number of hydrogen-bond donors (Lipinski definition) is 1. The maximum absolute atomic E-state index is 13.6. The predicted molar refractivity (Wildman–Crippen MR) is 68.8 cm³/mol. The first-order valence-electron chi connectivity index (χ1n) is 6.41. The second-order valence-electron chi connectivity index (χ2n) is 4.70. The maximum Gasteiger partial charge on any atom is 0.325 e. The quantitative estimate of drug-likeness (QED) is 0.849. The van der Waals surface area contributed by atoms with Crippen LogP contribution >= 0.6 is 0 Å². The number of amides is 3. The van der Waals surface area contributed by atoms with Crippen molar-refractivity contribution in [2.24, 2.45) is 0 Å². The average molecular weight is 264 g/mol. The Kier molecular flexibility index (Phi) is 3.55. The van der Waals surface area contributed by atoms with E-state index in [0.29, 0.717) is 18.4 Å². The van der Waals surface area contributed by atoms with Crippen LogP contribution in [0.15, 0.2) is 24.3 Å². The van der Waals surface area contributed by atoms with Gasteiger partial charge in [-0.15, -0.1) is 0 Å². The lowest BCUT2D eigenvalue weighted by atomic mass is 9.93. The molecule has 1 aliphatic rings. The van der Waals surface area contributed by atoms with Crippen LogP contribution in [0, 0.1) is 5.82 Å². The van der Waals surface area contributed by atoms with Gasteiger partial charge in [0.15, 0.2) is 0 Å². The molecule has 1 heterocycles. The molecule has 4 nitrogen and oxygen atoms in total. The van der Waals surface area contributed by atoms with Gasteiger partial charge in [-0.05, 0) is 18.9 Å². The van der Waals surface area contributed by atoms with E-state index in [1.54, 1.807) is 18.2 Å². The van der Waals surface area contributed by atoms with Crippen molar-refractivity contribution < 1.29 is 14.0 Å². The molecule has 0 aromatic heterocycles. The van der Waals surface area contributed by atoms with Gasteiger partial charge in [0.25, 0.3) is 5.91 Å². The summed E-state index contributed by atoms with van der Waals surface area (Å²) >= 11 is 0. The molecular weight excluding hydrogens is 247 g/mol. The number of carbonyl (C=O) groups is 2. The van der Waals surface area contributed by atoms with Crippen molar-refractivity contribution >= 4 is 11.9 Å². The summed E-state index contributed by atoms with van der Waals surface area (Å²) in [4.78, 5) is 25.3. The molecule has 0 radical (unpaired) electrons. The lowest BCUT2D eigenvalue weighted by Gasteiger charge is -2.23. The van der Waals surface area contributed by atoms with Crippen LogP contribution in [0.2, 0.25) is 0 Å². The van der Waals surface area contributed by atoms with Crippen LogP contribution in [0.1, 0.15) is 32.3 Å². The van der Waals surface area contributed by atoms with E-state index in [9.17, 15) is 14.0 Å². The van der Waals surface area contributed by atoms with E-state index in [1.807, 2.05) is 13.8 Å². The SMILES string of the molecule is CCC1(CC)NC(=O)N(Cc2ccccc2F)C1=O. The molecule has 102 valence electrons. The van der Waals surface area contributed by atoms with Crippen molar-refractivity contribution in [3.05, 3.63) is 35.6 Å². The van der Waals surface area contributed by atoms with Crippen LogP contribution in [0.4, 0.5) is 9.18 Å². The molecule has 0 aliphatic carbocycles. The summed E-state index contributed by atoms with van der Waals surface area (Å²) in [5.41, 5.74) is -0.489. The second kappa shape index (κ2) is 4.99. The Morgan fingerprint density at radius 3 is 2.37 bits per heavy atom. The molecule has 1 fully saturated rings. The Balaban J connectivity index is 2.25. The molecule has 5 heteroatoms. The predicted octanol–water partition coefficient (Wildman–Crippen LogP) is 2.44. The molecule has 1 aliphatic heterocycles. The number of nitrogens with zero attached hydrogens (tertiary/aromatic N) is 1. The third-order valence-corrected chi connectivity index (χ3v) is 3.74. The summed E-state index contributed by atoms with van der Waals surface area (Å²) in [6.45, 7) is 3.68. The number of benzene rings is 1. The third kappa shape index (κ3) is 2.20. The van der Waals surface area contributed by atoms with Crippen molar-refractivity contribution in [1.82, 2.24) is 10.2 Å². The molecule has 0 atom stereocenters. The summed E-state index contributed by atoms with van der Waals surface area (Å²) < 4.78 is 13.6. The van der Waals surface area contributed by atoms with E-state index in [-0.39, 0.29) is 12.5 Å². The zero-order chi connectivity index (χ0) is 14.0. The first-order valence-corrected chi connectivity index (χ1v) is 6.41. The lowest BCUT2D eigenvalue weighted by molar-refractivity contribution is -0.132. The molecule has 2 rings (SSSR count). The summed E-state index contributed by atoms with van der Waals surface area (Å²) in [5, 5.41) is 2.72. The Hall–Kier alpha value is -1.91. The van der Waals surface area contributed by atoms with Crippen LogP contribution in [-0.4, -0.2) is 22.4 Å². The van der Waals surface area contributed by atoms with E-state index in [1.165, 1.54) is 6.07 Å². The molecule has 3 amide bonds. The van der Waals surface area contributed by atoms with Gasteiger partial charge < -0.3 is 5.32 Å². The first-order chi connectivity index (χ1) is 9.04. The Morgan fingerprint density at radius 2 is 1.84 bits per heavy atom. The van der Waals surface area contributed by atoms with E-state index < -0.39 is 17.4 Å². The van der Waals surface area contributed by atoms with E-state index in [4.69, 9.17) is 0 Å². The number of nitrogens with one attached hydrogen (secondary N) is 1. The van der Waals surface area contributed by atoms with Crippen molar-refractivity contribution in [2.45, 2.75) is 38.8 Å². The highest BCUT2D eigenvalue weighted by Crippen LogP contribution is 2.26. The van der Waals surface area contributed by atoms with Gasteiger partial charge in [-0.1, -0.05) is 32.0 Å². The van der Waals surface area contributed by atoms with Gasteiger partial charge in [-0.3, -0.25) is 9.69 Å². The summed E-state index contributed by atoms with van der Waals surface area (Å²) in [6.07, 6.45) is 1.06. The summed E-state index contributed by atoms with van der Waals surface area (Å²) in [5.74, 6) is -0.681. The molecule has 0 bridgehead atoms. The van der Waals surface area contributed by atoms with Crippen molar-refractivity contribution in [2.75, 3.05) is 0 Å². The van der Waals surface area contributed by atoms with Crippen molar-refractivity contribution in [3.8, 4) is 0 Å². The summed E-state index contributed by atoms with van der Waals surface area (Å²) in [6, 6.07) is 5.71. The number of hydrogen-bond acceptors (Lipinski definition) is 2. The van der Waals surface area contributed by atoms with E-state index in [0.717, 1.165) is 4.90 Å². The van der Waals surface area contributed by atoms with E-state index in [2.05, 4.69) is 5.32 Å². The minimum absolute atomic E-state index is 0.0287. The number of carbonyl (C=O) groups excluding carboxylic acids is 2. The fourth-order valence-corrected chi connectivity index (χ4v) is 2.35. The highest BCUT2D eigenvalue weighted by molar-refractivity contribution is 6.06. The number of rotatable bonds is 4. The Bertz CT molecular complexity index is 512. The number of urea groups is 1. The smallest absolute Gasteiger partial charge is 0.323 e. The van der Waals surface area contributed by atoms with Crippen LogP contribution in [0.3, 0.4) is 0 Å². The van der Waals surface area contributed by atoms with E-state index >= 15 is 0 Å². The summed E-state index contributed by atoms with van der Waals surface area (Å²) in [7, 11) is 0. The van der Waals surface area contributed by atoms with Crippen LogP contribution in [-0.2, 0) is 11.3 Å². The van der Waals surface area contributed by atoms with Gasteiger partial charge in [-0.25, -0.2) is 9.18 Å². The van der Waals surface area contributed by atoms with Gasteiger partial charge in [0.05, 0.1) is 6.54 Å². The molecule has 0 saturated carbocycles. The largest absolute Gasteiger partial charge is 0.325 e. The van der Waals surface area contributed by atoms with Gasteiger partial charge >= 0.3 is 6.03 Å². The van der Waals surface area contributed by atoms with Crippen LogP contribution < -0.4 is 5.32 Å². The van der Waals surface area contributed by atoms with Gasteiger partial charge in [-0.2, -0.15) is 0 Å². The first kappa shape index (κ1) is 13.5. The highest BCUT2D eigenvalue weighted by Gasteiger charge is 2.48. The van der Waals surface area contributed by atoms with Gasteiger partial charge in [0, 0.05) is 5.56 Å². The van der Waals surface area contributed by atoms with Gasteiger partial charge in [0.2, 0.25) is 0 Å². The molecule has 19 heavy (non-hydrogen) atoms. The highest BCUT2D eigenvalue weighted by atomic mass is 19.1. The average Bonchev–Trinajstić information content (AvgIpc) is 2.66. The van der Waals surface area contributed by atoms with Crippen molar-refractivity contribution in [1.29, 1.82) is 0 Å². The topological polar surface area (TPSA) is 49.4 Å². The zero-order valence-electron chi connectivity index (χ0n) is 11.1. The molecular formula is C14H17FN2O2. The molecule has 0 unspecified atom stereocenters. The lowest BCUT2D eigenvalue weighted by Crippen LogP contribution is -2.45. The minimum atomic E-state index is -0.831. The van der Waals surface area contributed by atoms with Crippen LogP contribution in [0.5, 0.6) is 0 Å². The van der Waals surface area contributed by atoms with Gasteiger partial charge in [0.1, 0.15) is 11.4 Å². The Morgan fingerprint density at radius 1 is 1.21 bits per heavy atom. The molecule has 1 saturated heterocycles. The molecule has 1 aromatic rings. The molecule has 1 N–H and O–H groups in total. The zero-order valence-corrected chi connectivity index (χ0v) is 11.1. The van der Waals surface area contributed by atoms with Crippen LogP contribution in [0.25, 0.3) is 0 Å². The fourth-order valence-electron chi connectivity index (χ4n) is 2.35. The normalized spacial score (nSPS) is 17.7. The number of halogens is 1. The van der Waals surface area contributed by atoms with Crippen molar-refractivity contribution in [3.63, 3.8) is 0 Å². The third-order valence-electron chi connectivity index (χ3n) is 3.74. The second-order valence-corrected chi connectivity index (χ2v) is 4.70. The minimum Gasteiger partial charge on any atom is -0.323 e.